The fourth-order valence-corrected chi connectivity index (χ4v) is 4.80. The lowest BCUT2D eigenvalue weighted by atomic mass is 10.1. The summed E-state index contributed by atoms with van der Waals surface area (Å²) < 4.78 is 0. The fraction of sp³-hybridized carbons (Fsp3) is 0.630. The molecule has 0 radical (unpaired) electrons. The summed E-state index contributed by atoms with van der Waals surface area (Å²) in [6.45, 7) is -2.56. The highest BCUT2D eigenvalue weighted by Crippen LogP contribution is 2.20. The van der Waals surface area contributed by atoms with E-state index in [1.807, 2.05) is 10.6 Å². The number of amides is 7. The van der Waals surface area contributed by atoms with E-state index < -0.39 is 122 Å². The van der Waals surface area contributed by atoms with E-state index >= 15 is 0 Å². The summed E-state index contributed by atoms with van der Waals surface area (Å²) in [6, 6.07) is -9.64. The molecule has 0 aliphatic carbocycles. The first-order chi connectivity index (χ1) is 23.9. The van der Waals surface area contributed by atoms with Crippen molar-refractivity contribution in [2.45, 2.75) is 74.8 Å². The molecule has 51 heavy (non-hydrogen) atoms. The van der Waals surface area contributed by atoms with Crippen molar-refractivity contribution in [2.24, 2.45) is 17.2 Å². The molecule has 7 amide bonds. The lowest BCUT2D eigenvalue weighted by molar-refractivity contribution is -0.145. The number of hydrogen-bond acceptors (Lipinski definition) is 13. The molecule has 0 saturated carbocycles. The number of carboxylic acid groups (broad SMARTS) is 2. The Hall–Kier alpha value is -5.62. The van der Waals surface area contributed by atoms with Crippen LogP contribution in [0.2, 0.25) is 0 Å². The standard InChI is InChI=1S/C27H45N11O13/c28-9-19(42)33-14(8-20(43)44)22(46)36-15(10-39)23(47)35-13(7-18(29)41)21(45)34-12(3-1-5-32-27(30)31)25(49)38-6-2-4-17(38)24(48)37-16(11-40)26(50)51/h12-17,39-40H,1-11,28H2,(H2,29,41)(H,33,42)(H,34,45)(H,35,47)(H,36,46)(H,37,48)(H,43,44)(H,50,51)(H4,30,31,32)/t12-,13-,14-,15-,16-,17-/m0/s1. The number of carboxylic acids is 2. The lowest BCUT2D eigenvalue weighted by Gasteiger charge is -2.30. The summed E-state index contributed by atoms with van der Waals surface area (Å²) in [7, 11) is 0. The Morgan fingerprint density at radius 1 is 0.765 bits per heavy atom. The Kier molecular flexibility index (Phi) is 18.3. The van der Waals surface area contributed by atoms with Crippen molar-refractivity contribution in [3.05, 3.63) is 0 Å². The molecule has 24 heteroatoms. The number of hydrogen-bond donors (Lipinski definition) is 14. The number of nitrogens with two attached hydrogens (primary N) is 3. The first-order valence-corrected chi connectivity index (χ1v) is 15.5. The van der Waals surface area contributed by atoms with Gasteiger partial charge in [0.2, 0.25) is 41.4 Å². The zero-order valence-corrected chi connectivity index (χ0v) is 27.4. The van der Waals surface area contributed by atoms with Crippen molar-refractivity contribution in [1.29, 1.82) is 5.41 Å². The molecule has 17 N–H and O–H groups in total. The molecule has 1 aliphatic heterocycles. The zero-order valence-electron chi connectivity index (χ0n) is 27.4. The molecule has 24 nitrogen and oxygen atoms in total. The van der Waals surface area contributed by atoms with Crippen LogP contribution in [0, 0.1) is 5.41 Å². The van der Waals surface area contributed by atoms with Gasteiger partial charge in [-0.3, -0.25) is 43.8 Å². The Labute approximate surface area is 290 Å². The van der Waals surface area contributed by atoms with Gasteiger partial charge in [0.05, 0.1) is 32.6 Å². The van der Waals surface area contributed by atoms with Crippen LogP contribution in [0.15, 0.2) is 0 Å². The number of aliphatic hydroxyl groups excluding tert-OH is 2. The van der Waals surface area contributed by atoms with Crippen LogP contribution < -0.4 is 49.1 Å². The average Bonchev–Trinajstić information content (AvgIpc) is 3.55. The number of primary amides is 1. The first kappa shape index (κ1) is 43.4. The number of nitrogens with one attached hydrogen (secondary N) is 7. The number of likely N-dealkylation sites (tertiary alicyclic amines) is 1. The molecule has 286 valence electrons. The number of carbonyl (C=O) groups excluding carboxylic acids is 7. The van der Waals surface area contributed by atoms with Crippen LogP contribution in [0.4, 0.5) is 0 Å². The van der Waals surface area contributed by atoms with Crippen molar-refractivity contribution in [3.8, 4) is 0 Å². The Morgan fingerprint density at radius 2 is 1.31 bits per heavy atom. The second-order valence-electron chi connectivity index (χ2n) is 11.2. The number of aliphatic carboxylic acids is 2. The van der Waals surface area contributed by atoms with E-state index in [4.69, 9.17) is 27.7 Å². The molecule has 1 rings (SSSR count). The van der Waals surface area contributed by atoms with Crippen LogP contribution in [0.5, 0.6) is 0 Å². The number of guanidine groups is 1. The molecule has 1 heterocycles. The summed E-state index contributed by atoms with van der Waals surface area (Å²) in [4.78, 5) is 113. The molecular formula is C27H45N11O13. The quantitative estimate of drug-likeness (QED) is 0.0279. The SMILES string of the molecule is N=C(N)NCCC[C@H](NC(=O)[C@H](CC(N)=O)NC(=O)[C@H](CO)NC(=O)[C@H](CC(=O)O)NC(=O)CN)C(=O)N1CCC[C@H]1C(=O)N[C@@H](CO)C(=O)O. The monoisotopic (exact) mass is 731 g/mol. The van der Waals surface area contributed by atoms with E-state index in [0.717, 1.165) is 4.90 Å². The largest absolute Gasteiger partial charge is 0.481 e. The van der Waals surface area contributed by atoms with Gasteiger partial charge in [0, 0.05) is 13.1 Å². The van der Waals surface area contributed by atoms with Gasteiger partial charge in [0.25, 0.3) is 0 Å². The van der Waals surface area contributed by atoms with Gasteiger partial charge in [-0.05, 0) is 25.7 Å². The number of rotatable bonds is 22. The Balaban J connectivity index is 3.24. The lowest BCUT2D eigenvalue weighted by Crippen LogP contribution is -2.60. The van der Waals surface area contributed by atoms with Gasteiger partial charge in [-0.2, -0.15) is 0 Å². The molecule has 6 atom stereocenters. The number of carbonyl (C=O) groups is 9. The topological polar surface area (TPSA) is 412 Å². The summed E-state index contributed by atoms with van der Waals surface area (Å²) in [6.07, 6.45) is -1.39. The highest BCUT2D eigenvalue weighted by atomic mass is 16.4. The van der Waals surface area contributed by atoms with Gasteiger partial charge in [-0.15, -0.1) is 0 Å². The predicted molar refractivity (Wildman–Crippen MR) is 170 cm³/mol. The van der Waals surface area contributed by atoms with Crippen molar-refractivity contribution in [3.63, 3.8) is 0 Å². The van der Waals surface area contributed by atoms with E-state index in [0.29, 0.717) is 6.42 Å². The minimum atomic E-state index is -1.85. The third-order valence-electron chi connectivity index (χ3n) is 7.30. The van der Waals surface area contributed by atoms with Crippen LogP contribution in [0.3, 0.4) is 0 Å². The minimum Gasteiger partial charge on any atom is -0.481 e. The van der Waals surface area contributed by atoms with Gasteiger partial charge >= 0.3 is 11.9 Å². The highest BCUT2D eigenvalue weighted by molar-refractivity contribution is 5.98. The maximum absolute atomic E-state index is 13.7. The van der Waals surface area contributed by atoms with Crippen molar-refractivity contribution in [1.82, 2.24) is 36.8 Å². The number of nitrogens with zero attached hydrogens (tertiary/aromatic N) is 1. The molecule has 0 bridgehead atoms. The van der Waals surface area contributed by atoms with Crippen LogP contribution in [-0.4, -0.2) is 154 Å². The maximum atomic E-state index is 13.7. The van der Waals surface area contributed by atoms with Crippen molar-refractivity contribution in [2.75, 3.05) is 32.8 Å². The smallest absolute Gasteiger partial charge is 0.328 e. The fourth-order valence-electron chi connectivity index (χ4n) is 4.80. The molecule has 1 saturated heterocycles. The third kappa shape index (κ3) is 14.8. The first-order valence-electron chi connectivity index (χ1n) is 15.5. The molecule has 0 aromatic rings. The Morgan fingerprint density at radius 3 is 1.82 bits per heavy atom. The predicted octanol–water partition coefficient (Wildman–Crippen LogP) is -7.96. The van der Waals surface area contributed by atoms with Crippen molar-refractivity contribution >= 4 is 59.2 Å². The van der Waals surface area contributed by atoms with E-state index in [-0.39, 0.29) is 38.3 Å². The van der Waals surface area contributed by atoms with Gasteiger partial charge < -0.3 is 74.4 Å². The molecule has 1 aliphatic rings. The summed E-state index contributed by atoms with van der Waals surface area (Å²) in [5.74, 6) is -10.7. The zero-order chi connectivity index (χ0) is 38.8. The minimum absolute atomic E-state index is 0.0137. The van der Waals surface area contributed by atoms with Gasteiger partial charge in [0.1, 0.15) is 36.3 Å². The summed E-state index contributed by atoms with van der Waals surface area (Å²) in [5, 5.41) is 57.9. The van der Waals surface area contributed by atoms with Crippen molar-refractivity contribution < 1.29 is 63.6 Å². The summed E-state index contributed by atoms with van der Waals surface area (Å²) >= 11 is 0. The van der Waals surface area contributed by atoms with E-state index in [9.17, 15) is 58.5 Å². The van der Waals surface area contributed by atoms with Gasteiger partial charge in [-0.25, -0.2) is 4.79 Å². The van der Waals surface area contributed by atoms with Crippen LogP contribution >= 0.6 is 0 Å². The average molecular weight is 732 g/mol. The third-order valence-corrected chi connectivity index (χ3v) is 7.30. The maximum Gasteiger partial charge on any atom is 0.328 e. The van der Waals surface area contributed by atoms with Gasteiger partial charge in [0.15, 0.2) is 5.96 Å². The van der Waals surface area contributed by atoms with Crippen LogP contribution in [0.25, 0.3) is 0 Å². The highest BCUT2D eigenvalue weighted by Gasteiger charge is 2.40. The molecule has 0 unspecified atom stereocenters. The normalized spacial score (nSPS) is 16.6. The van der Waals surface area contributed by atoms with Gasteiger partial charge in [-0.1, -0.05) is 0 Å². The summed E-state index contributed by atoms with van der Waals surface area (Å²) in [5.41, 5.74) is 15.7. The van der Waals surface area contributed by atoms with E-state index in [2.05, 4.69) is 21.3 Å². The van der Waals surface area contributed by atoms with Crippen LogP contribution in [-0.2, 0) is 43.2 Å². The molecular weight excluding hydrogens is 686 g/mol. The van der Waals surface area contributed by atoms with E-state index in [1.54, 1.807) is 0 Å². The number of aliphatic hydroxyl groups is 2. The van der Waals surface area contributed by atoms with E-state index in [1.165, 1.54) is 0 Å². The molecule has 1 fully saturated rings. The Bertz CT molecular complexity index is 1330. The molecule has 0 aromatic carbocycles. The molecule has 0 spiro atoms. The molecule has 0 aromatic heterocycles. The second kappa shape index (κ2) is 21.5. The van der Waals surface area contributed by atoms with Crippen LogP contribution in [0.1, 0.15) is 38.5 Å². The second-order valence-corrected chi connectivity index (χ2v) is 11.2.